The molecule has 7 rings (SSSR count). The normalized spacial score (nSPS) is 24.5. The Kier molecular flexibility index (Phi) is 10.8. The van der Waals surface area contributed by atoms with Crippen LogP contribution in [0.3, 0.4) is 0 Å². The van der Waals surface area contributed by atoms with Gasteiger partial charge in [0.1, 0.15) is 18.2 Å². The Hall–Kier alpha value is -3.50. The highest BCUT2D eigenvalue weighted by Gasteiger charge is 2.71. The first-order chi connectivity index (χ1) is 24.4. The number of carboxylic acid groups (broad SMARTS) is 1. The van der Waals surface area contributed by atoms with Crippen molar-refractivity contribution in [2.45, 2.75) is 84.1 Å². The highest BCUT2D eigenvalue weighted by Crippen LogP contribution is 2.62. The fourth-order valence-electron chi connectivity index (χ4n) is 8.67. The monoisotopic (exact) mass is 683 g/mol. The molecule has 3 aliphatic heterocycles. The minimum Gasteiger partial charge on any atom is -0.488 e. The lowest BCUT2D eigenvalue weighted by atomic mass is 9.91. The van der Waals surface area contributed by atoms with Crippen LogP contribution in [0, 0.1) is 18.3 Å². The van der Waals surface area contributed by atoms with Gasteiger partial charge < -0.3 is 29.0 Å². The second-order valence-electron chi connectivity index (χ2n) is 14.7. The van der Waals surface area contributed by atoms with Gasteiger partial charge in [-0.15, -0.1) is 0 Å². The summed E-state index contributed by atoms with van der Waals surface area (Å²) < 4.78 is 23.5. The number of aromatic nitrogens is 1. The number of hydrogen-bond acceptors (Lipinski definition) is 8. The van der Waals surface area contributed by atoms with Crippen molar-refractivity contribution < 1.29 is 28.8 Å². The Balaban J connectivity index is 1.01. The molecule has 9 nitrogen and oxygen atoms in total. The lowest BCUT2D eigenvalue weighted by molar-refractivity contribution is -0.144. The second kappa shape index (κ2) is 15.4. The third-order valence-electron chi connectivity index (χ3n) is 11.5. The minimum absolute atomic E-state index is 0.129. The van der Waals surface area contributed by atoms with Gasteiger partial charge in [-0.25, -0.2) is 4.98 Å². The van der Waals surface area contributed by atoms with Crippen molar-refractivity contribution in [3.05, 3.63) is 76.3 Å². The lowest BCUT2D eigenvalue weighted by Crippen LogP contribution is -2.43. The first kappa shape index (κ1) is 34.9. The van der Waals surface area contributed by atoms with Gasteiger partial charge in [-0.1, -0.05) is 50.1 Å². The van der Waals surface area contributed by atoms with Crippen molar-refractivity contribution in [1.82, 2.24) is 9.88 Å². The molecule has 3 fully saturated rings. The van der Waals surface area contributed by atoms with Gasteiger partial charge >= 0.3 is 5.97 Å². The number of benzene rings is 2. The number of rotatable bonds is 15. The molecule has 1 N–H and O–H groups in total. The molecule has 2 saturated heterocycles. The van der Waals surface area contributed by atoms with E-state index in [-0.39, 0.29) is 18.1 Å². The summed E-state index contributed by atoms with van der Waals surface area (Å²) >= 11 is 0. The Bertz CT molecular complexity index is 1640. The number of pyridine rings is 1. The van der Waals surface area contributed by atoms with Crippen molar-refractivity contribution in [3.8, 4) is 17.0 Å². The summed E-state index contributed by atoms with van der Waals surface area (Å²) in [7, 11) is 1.64. The van der Waals surface area contributed by atoms with Gasteiger partial charge in [0.15, 0.2) is 0 Å². The van der Waals surface area contributed by atoms with E-state index in [1.54, 1.807) is 7.11 Å². The van der Waals surface area contributed by atoms with E-state index in [0.29, 0.717) is 26.2 Å². The number of methoxy groups -OCH3 is 1. The van der Waals surface area contributed by atoms with E-state index in [0.717, 1.165) is 87.1 Å². The highest BCUT2D eigenvalue weighted by molar-refractivity contribution is 5.82. The summed E-state index contributed by atoms with van der Waals surface area (Å²) in [5, 5.41) is 10.1. The average Bonchev–Trinajstić information content (AvgIpc) is 3.79. The van der Waals surface area contributed by atoms with E-state index >= 15 is 0 Å². The maximum atomic E-state index is 12.3. The van der Waals surface area contributed by atoms with Crippen LogP contribution in [0.5, 0.6) is 5.75 Å². The number of para-hydroxylation sites is 1. The fraction of sp³-hybridized carbons (Fsp3) is 0.561. The Labute approximate surface area is 296 Å². The number of nitrogens with zero attached hydrogens (tertiary/aromatic N) is 3. The molecule has 0 spiro atoms. The number of fused-ring (bicyclic) bond motifs is 2. The zero-order valence-corrected chi connectivity index (χ0v) is 30.0. The summed E-state index contributed by atoms with van der Waals surface area (Å²) in [4.78, 5) is 22.1. The van der Waals surface area contributed by atoms with E-state index in [1.165, 1.54) is 41.5 Å². The number of ether oxygens (including phenoxy) is 4. The van der Waals surface area contributed by atoms with Crippen molar-refractivity contribution >= 4 is 11.8 Å². The third kappa shape index (κ3) is 7.15. The van der Waals surface area contributed by atoms with E-state index in [4.69, 9.17) is 23.9 Å². The van der Waals surface area contributed by atoms with Crippen molar-refractivity contribution in [2.24, 2.45) is 11.3 Å². The molecular formula is C41H53N3O6. The third-order valence-corrected chi connectivity index (χ3v) is 11.5. The Morgan fingerprint density at radius 1 is 1.12 bits per heavy atom. The van der Waals surface area contributed by atoms with Crippen LogP contribution < -0.4 is 9.64 Å². The van der Waals surface area contributed by atoms with Crippen molar-refractivity contribution in [3.63, 3.8) is 0 Å². The van der Waals surface area contributed by atoms with Gasteiger partial charge in [0.25, 0.3) is 0 Å². The summed E-state index contributed by atoms with van der Waals surface area (Å²) in [6.45, 7) is 11.4. The highest BCUT2D eigenvalue weighted by atomic mass is 16.6. The molecule has 2 aromatic carbocycles. The molecule has 2 unspecified atom stereocenters. The average molecular weight is 684 g/mol. The molecule has 268 valence electrons. The van der Waals surface area contributed by atoms with Crippen LogP contribution in [0.4, 0.5) is 5.82 Å². The largest absolute Gasteiger partial charge is 0.488 e. The topological polar surface area (TPSA) is 93.6 Å². The van der Waals surface area contributed by atoms with Gasteiger partial charge in [-0.05, 0) is 97.5 Å². The van der Waals surface area contributed by atoms with Crippen LogP contribution >= 0.6 is 0 Å². The Morgan fingerprint density at radius 3 is 2.80 bits per heavy atom. The van der Waals surface area contributed by atoms with E-state index in [2.05, 4.69) is 47.9 Å². The number of aryl methyl sites for hydroxylation is 2. The summed E-state index contributed by atoms with van der Waals surface area (Å²) in [6.07, 6.45) is 7.83. The predicted molar refractivity (Wildman–Crippen MR) is 194 cm³/mol. The molecule has 4 heterocycles. The molecule has 50 heavy (non-hydrogen) atoms. The number of aliphatic carboxylic acids is 1. The maximum absolute atomic E-state index is 12.3. The summed E-state index contributed by atoms with van der Waals surface area (Å²) in [5.41, 5.74) is 7.67. The van der Waals surface area contributed by atoms with Gasteiger partial charge in [0, 0.05) is 32.3 Å². The first-order valence-electron chi connectivity index (χ1n) is 18.6. The Morgan fingerprint density at radius 2 is 2.00 bits per heavy atom. The molecule has 1 aliphatic carbocycles. The first-order valence-corrected chi connectivity index (χ1v) is 18.6. The van der Waals surface area contributed by atoms with Crippen LogP contribution in [-0.2, 0) is 45.0 Å². The van der Waals surface area contributed by atoms with Crippen LogP contribution in [0.2, 0.25) is 0 Å². The zero-order chi connectivity index (χ0) is 34.7. The molecule has 0 bridgehead atoms. The van der Waals surface area contributed by atoms with Crippen molar-refractivity contribution in [2.75, 3.05) is 58.1 Å². The van der Waals surface area contributed by atoms with Crippen LogP contribution in [-0.4, -0.2) is 86.3 Å². The molecule has 3 aromatic rings. The number of unbranched alkanes of at least 4 members (excludes halogenated alkanes) is 2. The van der Waals surface area contributed by atoms with E-state index in [1.807, 2.05) is 24.3 Å². The molecule has 0 radical (unpaired) electrons. The molecule has 9 heteroatoms. The van der Waals surface area contributed by atoms with Crippen molar-refractivity contribution in [1.29, 1.82) is 0 Å². The molecule has 0 amide bonds. The maximum Gasteiger partial charge on any atom is 0.312 e. The summed E-state index contributed by atoms with van der Waals surface area (Å²) in [6, 6.07) is 16.7. The van der Waals surface area contributed by atoms with Gasteiger partial charge in [0.05, 0.1) is 49.7 Å². The molecule has 1 saturated carbocycles. The minimum atomic E-state index is -0.740. The second-order valence-corrected chi connectivity index (χ2v) is 14.7. The number of carbonyl (C=O) groups is 1. The molecule has 1 aromatic heterocycles. The quantitative estimate of drug-likeness (QED) is 0.181. The zero-order valence-electron chi connectivity index (χ0n) is 30.0. The van der Waals surface area contributed by atoms with E-state index < -0.39 is 11.4 Å². The molecule has 4 atom stereocenters. The predicted octanol–water partition coefficient (Wildman–Crippen LogP) is 6.46. The molecule has 4 aliphatic rings. The summed E-state index contributed by atoms with van der Waals surface area (Å²) in [5.74, 6) is 1.02. The number of carboxylic acids is 1. The standard InChI is InChI=1S/C41H53N3O6/c1-4-30-20-29(21-31-15-17-43(24-35(30)31)16-7-5-6-11-33-26-48-18-19-49-33)25-50-39-28(2)10-8-12-34(39)36-13-9-14-38(42-36)44-23-32-22-41(32,40(45)46)37(44)27-47-3/h8-10,12-14,20-21,32-33,37H,4-7,11,15-19,22-27H2,1-3H3,(H,45,46)/t32?,33?,37-,41-/m1/s1. The SMILES string of the molecule is CCc1cc(COc2c(C)cccc2-c2cccc(N3CC4C[C@]4(C(=O)O)[C@H]3COC)n2)cc2c1CN(CCCCCC1COCCO1)CC2. The van der Waals surface area contributed by atoms with E-state index in [9.17, 15) is 9.90 Å². The molecular weight excluding hydrogens is 630 g/mol. The number of piperidine rings is 1. The van der Waals surface area contributed by atoms with Crippen LogP contribution in [0.15, 0.2) is 48.5 Å². The fourth-order valence-corrected chi connectivity index (χ4v) is 8.67. The number of anilines is 1. The lowest BCUT2D eigenvalue weighted by Gasteiger charge is -2.31. The van der Waals surface area contributed by atoms with Gasteiger partial charge in [0.2, 0.25) is 0 Å². The van der Waals surface area contributed by atoms with Crippen LogP contribution in [0.25, 0.3) is 11.3 Å². The number of hydrogen-bond donors (Lipinski definition) is 1. The van der Waals surface area contributed by atoms with Crippen LogP contribution in [0.1, 0.15) is 66.8 Å². The van der Waals surface area contributed by atoms with Gasteiger partial charge in [-0.2, -0.15) is 0 Å². The smallest absolute Gasteiger partial charge is 0.312 e. The van der Waals surface area contributed by atoms with Gasteiger partial charge in [-0.3, -0.25) is 9.69 Å².